The van der Waals surface area contributed by atoms with Crippen LogP contribution in [0.25, 0.3) is 0 Å². The van der Waals surface area contributed by atoms with Crippen LogP contribution in [0.1, 0.15) is 20.3 Å². The molecule has 0 radical (unpaired) electrons. The van der Waals surface area contributed by atoms with E-state index >= 15 is 0 Å². The Bertz CT molecular complexity index is 204. The number of aliphatic hydroxyl groups excluding tert-OH is 1. The van der Waals surface area contributed by atoms with Crippen molar-refractivity contribution < 1.29 is 14.6 Å². The molecule has 0 aromatic carbocycles. The molecule has 0 saturated heterocycles. The third-order valence-corrected chi connectivity index (χ3v) is 1.30. The number of allylic oxidation sites excluding steroid dienone is 2. The highest BCUT2D eigenvalue weighted by Gasteiger charge is 2.08. The lowest BCUT2D eigenvalue weighted by Gasteiger charge is -2.04. The van der Waals surface area contributed by atoms with Gasteiger partial charge in [-0.15, -0.1) is 0 Å². The summed E-state index contributed by atoms with van der Waals surface area (Å²) in [5.74, 6) is -0.483. The van der Waals surface area contributed by atoms with Crippen molar-refractivity contribution in [3.8, 4) is 0 Å². The van der Waals surface area contributed by atoms with Crippen LogP contribution in [0, 0.1) is 0 Å². The molecule has 68 valence electrons. The molecule has 0 aliphatic carbocycles. The van der Waals surface area contributed by atoms with Gasteiger partial charge >= 0.3 is 5.97 Å². The van der Waals surface area contributed by atoms with E-state index in [0.29, 0.717) is 12.0 Å². The Labute approximate surface area is 72.3 Å². The van der Waals surface area contributed by atoms with Crippen LogP contribution in [-0.4, -0.2) is 17.9 Å². The molecule has 0 atom stereocenters. The van der Waals surface area contributed by atoms with Gasteiger partial charge in [-0.3, -0.25) is 0 Å². The normalized spacial score (nSPS) is 11.1. The maximum absolute atomic E-state index is 11.0. The number of ether oxygens (including phenoxy) is 1. The minimum Gasteiger partial charge on any atom is -0.435 e. The lowest BCUT2D eigenvalue weighted by Crippen LogP contribution is -2.08. The van der Waals surface area contributed by atoms with Crippen LogP contribution in [0.5, 0.6) is 0 Å². The number of hydrogen-bond donors (Lipinski definition) is 1. The Morgan fingerprint density at radius 3 is 2.58 bits per heavy atom. The Balaban J connectivity index is 4.17. The summed E-state index contributed by atoms with van der Waals surface area (Å²) in [7, 11) is 0. The SMILES string of the molecule is C=C(C)C/C(=C/C)C(=O)OCO. The van der Waals surface area contributed by atoms with Crippen LogP contribution in [0.2, 0.25) is 0 Å². The zero-order valence-electron chi connectivity index (χ0n) is 7.46. The van der Waals surface area contributed by atoms with Crippen molar-refractivity contribution in [1.82, 2.24) is 0 Å². The topological polar surface area (TPSA) is 46.5 Å². The van der Waals surface area contributed by atoms with Gasteiger partial charge in [-0.05, 0) is 20.3 Å². The van der Waals surface area contributed by atoms with E-state index in [1.165, 1.54) is 0 Å². The van der Waals surface area contributed by atoms with E-state index in [4.69, 9.17) is 5.11 Å². The molecule has 0 heterocycles. The molecular weight excluding hydrogens is 156 g/mol. The zero-order chi connectivity index (χ0) is 9.56. The average molecular weight is 170 g/mol. The third kappa shape index (κ3) is 3.93. The quantitative estimate of drug-likeness (QED) is 0.300. The first kappa shape index (κ1) is 10.9. The summed E-state index contributed by atoms with van der Waals surface area (Å²) >= 11 is 0. The third-order valence-electron chi connectivity index (χ3n) is 1.30. The fourth-order valence-electron chi connectivity index (χ4n) is 0.769. The van der Waals surface area contributed by atoms with Crippen molar-refractivity contribution >= 4 is 5.97 Å². The summed E-state index contributed by atoms with van der Waals surface area (Å²) in [5.41, 5.74) is 1.41. The fraction of sp³-hybridized carbons (Fsp3) is 0.444. The van der Waals surface area contributed by atoms with Crippen LogP contribution in [0.15, 0.2) is 23.8 Å². The van der Waals surface area contributed by atoms with E-state index < -0.39 is 12.8 Å². The highest BCUT2D eigenvalue weighted by Crippen LogP contribution is 2.09. The molecule has 0 fully saturated rings. The minimum atomic E-state index is -0.577. The second-order valence-electron chi connectivity index (χ2n) is 2.51. The van der Waals surface area contributed by atoms with Crippen molar-refractivity contribution in [2.24, 2.45) is 0 Å². The molecular formula is C9H14O3. The first-order valence-electron chi connectivity index (χ1n) is 3.69. The van der Waals surface area contributed by atoms with Gasteiger partial charge in [0.25, 0.3) is 0 Å². The molecule has 0 aliphatic heterocycles. The first-order valence-corrected chi connectivity index (χ1v) is 3.69. The van der Waals surface area contributed by atoms with Crippen LogP contribution in [-0.2, 0) is 9.53 Å². The predicted molar refractivity (Wildman–Crippen MR) is 46.4 cm³/mol. The fourth-order valence-corrected chi connectivity index (χ4v) is 0.769. The first-order chi connectivity index (χ1) is 5.61. The molecule has 0 aliphatic rings. The van der Waals surface area contributed by atoms with Gasteiger partial charge in [-0.2, -0.15) is 0 Å². The van der Waals surface area contributed by atoms with Gasteiger partial charge in [-0.1, -0.05) is 18.2 Å². The van der Waals surface area contributed by atoms with Crippen molar-refractivity contribution in [3.63, 3.8) is 0 Å². The van der Waals surface area contributed by atoms with Crippen molar-refractivity contribution in [1.29, 1.82) is 0 Å². The van der Waals surface area contributed by atoms with Crippen molar-refractivity contribution in [3.05, 3.63) is 23.8 Å². The maximum Gasteiger partial charge on any atom is 0.336 e. The molecule has 3 heteroatoms. The monoisotopic (exact) mass is 170 g/mol. The molecule has 0 aromatic heterocycles. The lowest BCUT2D eigenvalue weighted by molar-refractivity contribution is -0.147. The van der Waals surface area contributed by atoms with Gasteiger partial charge in [-0.25, -0.2) is 4.79 Å². The summed E-state index contributed by atoms with van der Waals surface area (Å²) in [5, 5.41) is 8.32. The highest BCUT2D eigenvalue weighted by atomic mass is 16.6. The van der Waals surface area contributed by atoms with Gasteiger partial charge in [0.1, 0.15) is 0 Å². The van der Waals surface area contributed by atoms with Gasteiger partial charge < -0.3 is 9.84 Å². The molecule has 12 heavy (non-hydrogen) atoms. The summed E-state index contributed by atoms with van der Waals surface area (Å²) in [6, 6.07) is 0. The van der Waals surface area contributed by atoms with Gasteiger partial charge in [0.05, 0.1) is 0 Å². The van der Waals surface area contributed by atoms with Crippen LogP contribution >= 0.6 is 0 Å². The van der Waals surface area contributed by atoms with Gasteiger partial charge in [0.15, 0.2) is 6.79 Å². The largest absolute Gasteiger partial charge is 0.435 e. The number of carbonyl (C=O) groups excluding carboxylic acids is 1. The second-order valence-corrected chi connectivity index (χ2v) is 2.51. The van der Waals surface area contributed by atoms with E-state index in [0.717, 1.165) is 5.57 Å². The molecule has 3 nitrogen and oxygen atoms in total. The summed E-state index contributed by atoms with van der Waals surface area (Å²) in [6.45, 7) is 6.67. The zero-order valence-corrected chi connectivity index (χ0v) is 7.46. The molecule has 1 N–H and O–H groups in total. The van der Waals surface area contributed by atoms with E-state index in [-0.39, 0.29) is 0 Å². The molecule has 0 bridgehead atoms. The summed E-state index contributed by atoms with van der Waals surface area (Å²) in [4.78, 5) is 11.0. The predicted octanol–water partition coefficient (Wildman–Crippen LogP) is 1.39. The van der Waals surface area contributed by atoms with E-state index in [1.807, 2.05) is 6.92 Å². The van der Waals surface area contributed by atoms with Crippen molar-refractivity contribution in [2.45, 2.75) is 20.3 Å². The Kier molecular flexibility index (Phi) is 5.04. The van der Waals surface area contributed by atoms with Gasteiger partial charge in [0.2, 0.25) is 0 Å². The molecule has 0 unspecified atom stereocenters. The maximum atomic E-state index is 11.0. The average Bonchev–Trinajstić information content (AvgIpc) is 2.00. The lowest BCUT2D eigenvalue weighted by atomic mass is 10.1. The molecule has 0 spiro atoms. The number of hydrogen-bond acceptors (Lipinski definition) is 3. The standard InChI is InChI=1S/C9H14O3/c1-4-8(5-7(2)3)9(11)12-6-10/h4,10H,2,5-6H2,1,3H3/b8-4-. The molecule has 0 aromatic rings. The Morgan fingerprint density at radius 2 is 2.25 bits per heavy atom. The molecule has 0 rings (SSSR count). The number of aliphatic hydroxyl groups is 1. The highest BCUT2D eigenvalue weighted by molar-refractivity contribution is 5.88. The van der Waals surface area contributed by atoms with Crippen LogP contribution in [0.3, 0.4) is 0 Å². The number of carbonyl (C=O) groups is 1. The smallest absolute Gasteiger partial charge is 0.336 e. The van der Waals surface area contributed by atoms with Crippen molar-refractivity contribution in [2.75, 3.05) is 6.79 Å². The van der Waals surface area contributed by atoms with E-state index in [2.05, 4.69) is 11.3 Å². The van der Waals surface area contributed by atoms with E-state index in [1.54, 1.807) is 13.0 Å². The summed E-state index contributed by atoms with van der Waals surface area (Å²) < 4.78 is 4.40. The number of esters is 1. The molecule has 0 saturated carbocycles. The van der Waals surface area contributed by atoms with Crippen LogP contribution in [0.4, 0.5) is 0 Å². The Hall–Kier alpha value is -1.09. The summed E-state index contributed by atoms with van der Waals surface area (Å²) in [6.07, 6.45) is 2.15. The van der Waals surface area contributed by atoms with E-state index in [9.17, 15) is 4.79 Å². The van der Waals surface area contributed by atoms with Gasteiger partial charge in [0, 0.05) is 5.57 Å². The molecule has 0 amide bonds. The number of rotatable bonds is 4. The van der Waals surface area contributed by atoms with Crippen LogP contribution < -0.4 is 0 Å². The Morgan fingerprint density at radius 1 is 1.67 bits per heavy atom. The second kappa shape index (κ2) is 5.55. The minimum absolute atomic E-state index is 0.483.